The topological polar surface area (TPSA) is 69.2 Å². The molecule has 5 aliphatic heterocycles. The molecule has 5 aliphatic rings. The molecule has 5 saturated heterocycles. The highest BCUT2D eigenvalue weighted by atomic mass is 19.2. The molecule has 1 aromatic heterocycles. The van der Waals surface area contributed by atoms with Crippen LogP contribution >= 0.6 is 0 Å². The maximum atomic E-state index is 14.6. The molecule has 0 amide bonds. The van der Waals surface area contributed by atoms with Crippen LogP contribution in [-0.4, -0.2) is 84.3 Å². The van der Waals surface area contributed by atoms with E-state index in [9.17, 15) is 8.78 Å². The van der Waals surface area contributed by atoms with Gasteiger partial charge < -0.3 is 15.0 Å². The number of benzene rings is 2. The third-order valence-electron chi connectivity index (χ3n) is 9.66. The van der Waals surface area contributed by atoms with E-state index in [1.807, 2.05) is 6.07 Å². The van der Waals surface area contributed by atoms with Gasteiger partial charge >= 0.3 is 0 Å². The number of rotatable bonds is 8. The molecule has 8 rings (SSSR count). The molecular formula is C32H39F2N7O2. The summed E-state index contributed by atoms with van der Waals surface area (Å²) >= 11 is 0. The molecule has 0 aliphatic carbocycles. The number of fused-ring (bicyclic) bond motifs is 2. The van der Waals surface area contributed by atoms with Gasteiger partial charge in [-0.1, -0.05) is 19.1 Å². The van der Waals surface area contributed by atoms with E-state index in [1.54, 1.807) is 19.2 Å². The molecule has 3 atom stereocenters. The van der Waals surface area contributed by atoms with Gasteiger partial charge in [-0.15, -0.1) is 0 Å². The van der Waals surface area contributed by atoms with E-state index < -0.39 is 17.7 Å². The minimum Gasteiger partial charge on any atom is -0.494 e. The number of nitrogens with zero attached hydrogens (tertiary/aromatic N) is 6. The molecule has 43 heavy (non-hydrogen) atoms. The van der Waals surface area contributed by atoms with E-state index >= 15 is 0 Å². The summed E-state index contributed by atoms with van der Waals surface area (Å²) in [7, 11) is 1.67. The Balaban J connectivity index is 1.01. The van der Waals surface area contributed by atoms with Crippen molar-refractivity contribution in [2.75, 3.05) is 61.7 Å². The lowest BCUT2D eigenvalue weighted by molar-refractivity contribution is -0.0812. The second kappa shape index (κ2) is 11.9. The number of ether oxygens (including phenoxy) is 1. The minimum atomic E-state index is -0.879. The van der Waals surface area contributed by atoms with Gasteiger partial charge in [0.05, 0.1) is 25.4 Å². The molecule has 9 nitrogen and oxygen atoms in total. The second-order valence-corrected chi connectivity index (χ2v) is 11.9. The third-order valence-corrected chi connectivity index (χ3v) is 9.66. The number of hydroxylamine groups is 1. The molecule has 0 spiro atoms. The zero-order valence-electron chi connectivity index (χ0n) is 24.8. The number of hydrogen-bond donors (Lipinski definition) is 1. The van der Waals surface area contributed by atoms with Crippen molar-refractivity contribution in [2.45, 2.75) is 56.8 Å². The maximum absolute atomic E-state index is 14.6. The van der Waals surface area contributed by atoms with E-state index in [0.717, 1.165) is 42.6 Å². The zero-order valence-corrected chi connectivity index (χ0v) is 24.8. The van der Waals surface area contributed by atoms with Crippen LogP contribution in [0, 0.1) is 11.6 Å². The van der Waals surface area contributed by atoms with Gasteiger partial charge in [-0.3, -0.25) is 14.6 Å². The summed E-state index contributed by atoms with van der Waals surface area (Å²) in [5, 5.41) is 4.87. The van der Waals surface area contributed by atoms with Gasteiger partial charge in [0.15, 0.2) is 17.5 Å². The highest BCUT2D eigenvalue weighted by Gasteiger charge is 2.45. The summed E-state index contributed by atoms with van der Waals surface area (Å²) in [4.78, 5) is 22.4. The first-order valence-corrected chi connectivity index (χ1v) is 15.4. The Bertz CT molecular complexity index is 1440. The Labute approximate surface area is 251 Å². The fourth-order valence-electron chi connectivity index (χ4n) is 7.43. The number of piperidine rings is 2. The van der Waals surface area contributed by atoms with Crippen LogP contribution in [0.5, 0.6) is 5.75 Å². The molecular weight excluding hydrogens is 552 g/mol. The van der Waals surface area contributed by atoms with Gasteiger partial charge in [0.1, 0.15) is 17.9 Å². The summed E-state index contributed by atoms with van der Waals surface area (Å²) < 4.78 is 34.3. The number of aromatic nitrogens is 2. The first kappa shape index (κ1) is 28.2. The van der Waals surface area contributed by atoms with Gasteiger partial charge in [0.25, 0.3) is 0 Å². The molecule has 2 bridgehead atoms. The maximum Gasteiger partial charge on any atom is 0.164 e. The fourth-order valence-corrected chi connectivity index (χ4v) is 7.43. The largest absolute Gasteiger partial charge is 0.494 e. The number of likely N-dealkylation sites (N-methyl/N-ethyl adjacent to an activating group) is 1. The number of anilines is 4. The van der Waals surface area contributed by atoms with Crippen LogP contribution < -0.4 is 20.0 Å². The van der Waals surface area contributed by atoms with Crippen molar-refractivity contribution in [1.82, 2.24) is 19.8 Å². The van der Waals surface area contributed by atoms with Crippen molar-refractivity contribution < 1.29 is 18.4 Å². The summed E-state index contributed by atoms with van der Waals surface area (Å²) in [5.41, 5.74) is 2.16. The van der Waals surface area contributed by atoms with Crippen molar-refractivity contribution >= 4 is 23.0 Å². The average molecular weight is 592 g/mol. The van der Waals surface area contributed by atoms with Crippen molar-refractivity contribution in [2.24, 2.45) is 0 Å². The van der Waals surface area contributed by atoms with Crippen LogP contribution in [0.1, 0.15) is 44.2 Å². The van der Waals surface area contributed by atoms with E-state index in [-0.39, 0.29) is 5.56 Å². The molecule has 3 aromatic rings. The normalized spacial score (nSPS) is 24.7. The quantitative estimate of drug-likeness (QED) is 0.384. The predicted molar refractivity (Wildman–Crippen MR) is 162 cm³/mol. The first-order chi connectivity index (χ1) is 21.0. The smallest absolute Gasteiger partial charge is 0.164 e. The Morgan fingerprint density at radius 1 is 1.00 bits per heavy atom. The van der Waals surface area contributed by atoms with E-state index in [0.29, 0.717) is 36.5 Å². The Morgan fingerprint density at radius 2 is 1.81 bits per heavy atom. The SMILES string of the molecule is CCN1C2CC1CN(C1CCN(c3ccc(Nc4cc(N5OCCC5c5cccc(F)c5F)ncn4)c(OC)c3)CC1)C2. The van der Waals surface area contributed by atoms with Gasteiger partial charge in [0.2, 0.25) is 0 Å². The lowest BCUT2D eigenvalue weighted by Crippen LogP contribution is -2.70. The Hall–Kier alpha value is -3.54. The molecule has 1 N–H and O–H groups in total. The van der Waals surface area contributed by atoms with Crippen molar-refractivity contribution in [1.29, 1.82) is 0 Å². The minimum absolute atomic E-state index is 0.239. The summed E-state index contributed by atoms with van der Waals surface area (Å²) in [6.07, 6.45) is 5.67. The van der Waals surface area contributed by atoms with Crippen LogP contribution in [0.15, 0.2) is 48.8 Å². The van der Waals surface area contributed by atoms with E-state index in [4.69, 9.17) is 9.57 Å². The first-order valence-electron chi connectivity index (χ1n) is 15.4. The second-order valence-electron chi connectivity index (χ2n) is 11.9. The monoisotopic (exact) mass is 591 g/mol. The molecule has 3 unspecified atom stereocenters. The van der Waals surface area contributed by atoms with Crippen molar-refractivity contribution in [3.63, 3.8) is 0 Å². The van der Waals surface area contributed by atoms with E-state index in [2.05, 4.69) is 49.0 Å². The average Bonchev–Trinajstić information content (AvgIpc) is 3.53. The number of hydrogen-bond acceptors (Lipinski definition) is 9. The molecule has 11 heteroatoms. The molecule has 228 valence electrons. The fraction of sp³-hybridized carbons (Fsp3) is 0.500. The molecule has 6 heterocycles. The summed E-state index contributed by atoms with van der Waals surface area (Å²) in [5.74, 6) is -0.0398. The van der Waals surface area contributed by atoms with E-state index in [1.165, 1.54) is 56.4 Å². The van der Waals surface area contributed by atoms with Crippen LogP contribution in [0.2, 0.25) is 0 Å². The molecule has 0 radical (unpaired) electrons. The van der Waals surface area contributed by atoms with Gasteiger partial charge in [0, 0.05) is 74.1 Å². The van der Waals surface area contributed by atoms with Crippen LogP contribution in [0.4, 0.5) is 31.8 Å². The molecule has 2 aromatic carbocycles. The predicted octanol–water partition coefficient (Wildman–Crippen LogP) is 5.14. The lowest BCUT2D eigenvalue weighted by Gasteiger charge is -2.58. The third kappa shape index (κ3) is 5.38. The number of piperazine rings is 1. The highest BCUT2D eigenvalue weighted by molar-refractivity contribution is 5.70. The Kier molecular flexibility index (Phi) is 7.79. The van der Waals surface area contributed by atoms with Crippen molar-refractivity contribution in [3.8, 4) is 5.75 Å². The number of nitrogens with one attached hydrogen (secondary N) is 1. The highest BCUT2D eigenvalue weighted by Crippen LogP contribution is 2.38. The van der Waals surface area contributed by atoms with Crippen LogP contribution in [0.25, 0.3) is 0 Å². The molecule has 0 saturated carbocycles. The molecule has 5 fully saturated rings. The van der Waals surface area contributed by atoms with Gasteiger partial charge in [-0.2, -0.15) is 0 Å². The standard InChI is InChI=1S/C32H39F2N7O2/c1-3-40-23-15-24(40)19-39(18-23)21-9-12-38(13-10-21)22-7-8-27(29(16-22)42-2)37-30-17-31(36-20-35-30)41-28(11-14-43-41)25-5-4-6-26(33)32(25)34/h4-8,16-17,20-21,23-24,28H,3,9-15,18-19H2,1-2H3,(H,35,36,37). The zero-order chi connectivity index (χ0) is 29.5. The number of methoxy groups -OCH3 is 1. The summed E-state index contributed by atoms with van der Waals surface area (Å²) in [6, 6.07) is 13.8. The van der Waals surface area contributed by atoms with Crippen LogP contribution in [0.3, 0.4) is 0 Å². The van der Waals surface area contributed by atoms with Crippen LogP contribution in [-0.2, 0) is 4.84 Å². The van der Waals surface area contributed by atoms with Gasteiger partial charge in [-0.25, -0.2) is 23.8 Å². The Morgan fingerprint density at radius 3 is 2.58 bits per heavy atom. The lowest BCUT2D eigenvalue weighted by atomic mass is 9.85. The van der Waals surface area contributed by atoms with Gasteiger partial charge in [-0.05, 0) is 44.0 Å². The summed E-state index contributed by atoms with van der Waals surface area (Å²) in [6.45, 7) is 8.34. The van der Waals surface area contributed by atoms with Crippen molar-refractivity contribution in [3.05, 3.63) is 66.0 Å². The number of halogens is 2.